The largest absolute Gasteiger partial charge is 0.356 e. The van der Waals surface area contributed by atoms with E-state index in [-0.39, 0.29) is 6.79 Å². The van der Waals surface area contributed by atoms with E-state index in [1.807, 2.05) is 0 Å². The highest BCUT2D eigenvalue weighted by atomic mass is 35.5. The minimum Gasteiger partial charge on any atom is -0.356 e. The highest BCUT2D eigenvalue weighted by Gasteiger charge is 2.00. The second-order valence-corrected chi connectivity index (χ2v) is 3.05. The lowest BCUT2D eigenvalue weighted by atomic mass is 10.3. The molecule has 15 heavy (non-hydrogen) atoms. The second kappa shape index (κ2) is 6.23. The van der Waals surface area contributed by atoms with Crippen LogP contribution in [0.15, 0.2) is 24.3 Å². The maximum absolute atomic E-state index is 11.1. The lowest BCUT2D eigenvalue weighted by molar-refractivity contribution is -0.0647. The van der Waals surface area contributed by atoms with Gasteiger partial charge in [0.25, 0.3) is 0 Å². The number of benzene rings is 1. The summed E-state index contributed by atoms with van der Waals surface area (Å²) in [6, 6.07) is 6.23. The number of anilines is 1. The molecule has 0 atom stereocenters. The number of methoxy groups -OCH3 is 1. The molecular formula is C9H11ClN2O3. The van der Waals surface area contributed by atoms with Crippen LogP contribution in [0, 0.1) is 0 Å². The van der Waals surface area contributed by atoms with Crippen molar-refractivity contribution in [3.05, 3.63) is 29.3 Å². The van der Waals surface area contributed by atoms with Crippen molar-refractivity contribution in [2.75, 3.05) is 19.2 Å². The van der Waals surface area contributed by atoms with Crippen LogP contribution in [0.25, 0.3) is 0 Å². The average Bonchev–Trinajstić information content (AvgIpc) is 2.22. The molecule has 1 aromatic rings. The molecule has 0 aromatic heterocycles. The molecule has 82 valence electrons. The lowest BCUT2D eigenvalue weighted by Crippen LogP contribution is -2.29. The van der Waals surface area contributed by atoms with Gasteiger partial charge in [-0.15, -0.1) is 0 Å². The van der Waals surface area contributed by atoms with E-state index < -0.39 is 6.03 Å². The standard InChI is InChI=1S/C9H11ClN2O3/c1-14-6-15-12-9(13)11-8-4-2-7(10)3-5-8/h2-5H,6H2,1H3,(H2,11,12,13). The Morgan fingerprint density at radius 2 is 2.07 bits per heavy atom. The van der Waals surface area contributed by atoms with Crippen molar-refractivity contribution in [1.29, 1.82) is 0 Å². The maximum Gasteiger partial charge on any atom is 0.343 e. The Balaban J connectivity index is 2.34. The van der Waals surface area contributed by atoms with Crippen molar-refractivity contribution in [2.45, 2.75) is 0 Å². The molecule has 0 radical (unpaired) electrons. The number of carbonyl (C=O) groups is 1. The van der Waals surface area contributed by atoms with Crippen molar-refractivity contribution < 1.29 is 14.4 Å². The number of halogens is 1. The molecule has 0 unspecified atom stereocenters. The van der Waals surface area contributed by atoms with E-state index in [1.54, 1.807) is 24.3 Å². The Morgan fingerprint density at radius 1 is 1.40 bits per heavy atom. The van der Waals surface area contributed by atoms with Gasteiger partial charge in [-0.2, -0.15) is 0 Å². The van der Waals surface area contributed by atoms with Crippen LogP contribution in [0.1, 0.15) is 0 Å². The van der Waals surface area contributed by atoms with Gasteiger partial charge in [0.05, 0.1) is 0 Å². The van der Waals surface area contributed by atoms with E-state index in [1.165, 1.54) is 7.11 Å². The van der Waals surface area contributed by atoms with Crippen LogP contribution < -0.4 is 10.8 Å². The molecular weight excluding hydrogens is 220 g/mol. The molecule has 1 aromatic carbocycles. The van der Waals surface area contributed by atoms with E-state index in [0.29, 0.717) is 10.7 Å². The van der Waals surface area contributed by atoms with Crippen molar-refractivity contribution in [2.24, 2.45) is 0 Å². The molecule has 1 rings (SSSR count). The number of nitrogens with one attached hydrogen (secondary N) is 2. The van der Waals surface area contributed by atoms with Gasteiger partial charge >= 0.3 is 6.03 Å². The Labute approximate surface area is 92.3 Å². The van der Waals surface area contributed by atoms with Crippen molar-refractivity contribution >= 4 is 23.3 Å². The van der Waals surface area contributed by atoms with Gasteiger partial charge in [0, 0.05) is 17.8 Å². The van der Waals surface area contributed by atoms with Crippen LogP contribution in [-0.4, -0.2) is 19.9 Å². The Hall–Kier alpha value is -1.30. The molecule has 2 N–H and O–H groups in total. The fourth-order valence-corrected chi connectivity index (χ4v) is 0.970. The first kappa shape index (κ1) is 11.8. The van der Waals surface area contributed by atoms with Crippen molar-refractivity contribution in [3.63, 3.8) is 0 Å². The summed E-state index contributed by atoms with van der Waals surface area (Å²) in [6.45, 7) is -0.00591. The number of rotatable bonds is 4. The molecule has 6 heteroatoms. The van der Waals surface area contributed by atoms with Gasteiger partial charge in [-0.3, -0.25) is 0 Å². The normalized spacial score (nSPS) is 9.73. The quantitative estimate of drug-likeness (QED) is 0.473. The molecule has 0 heterocycles. The lowest BCUT2D eigenvalue weighted by Gasteiger charge is -2.06. The van der Waals surface area contributed by atoms with Gasteiger partial charge in [-0.05, 0) is 24.3 Å². The van der Waals surface area contributed by atoms with E-state index in [9.17, 15) is 4.79 Å². The predicted molar refractivity (Wildman–Crippen MR) is 56.6 cm³/mol. The van der Waals surface area contributed by atoms with Crippen LogP contribution in [0.3, 0.4) is 0 Å². The Bertz CT molecular complexity index is 316. The first-order chi connectivity index (χ1) is 7.22. The summed E-state index contributed by atoms with van der Waals surface area (Å²) in [4.78, 5) is 15.8. The zero-order chi connectivity index (χ0) is 11.1. The molecule has 0 spiro atoms. The Kier molecular flexibility index (Phi) is 4.89. The third-order valence-electron chi connectivity index (χ3n) is 1.44. The van der Waals surface area contributed by atoms with Crippen molar-refractivity contribution in [1.82, 2.24) is 5.48 Å². The fourth-order valence-electron chi connectivity index (χ4n) is 0.844. The summed E-state index contributed by atoms with van der Waals surface area (Å²) in [5, 5.41) is 3.15. The van der Waals surface area contributed by atoms with Gasteiger partial charge < -0.3 is 10.1 Å². The van der Waals surface area contributed by atoms with Crippen LogP contribution >= 0.6 is 11.6 Å². The molecule has 0 aliphatic rings. The maximum atomic E-state index is 11.1. The van der Waals surface area contributed by atoms with E-state index in [0.717, 1.165) is 0 Å². The summed E-state index contributed by atoms with van der Waals surface area (Å²) >= 11 is 5.68. The monoisotopic (exact) mass is 230 g/mol. The zero-order valence-electron chi connectivity index (χ0n) is 8.12. The minimum atomic E-state index is -0.477. The molecule has 0 saturated carbocycles. The number of hydrogen-bond donors (Lipinski definition) is 2. The van der Waals surface area contributed by atoms with Gasteiger partial charge in [0.1, 0.15) is 0 Å². The third-order valence-corrected chi connectivity index (χ3v) is 1.70. The average molecular weight is 231 g/mol. The third kappa shape index (κ3) is 4.64. The van der Waals surface area contributed by atoms with Gasteiger partial charge in [0.2, 0.25) is 0 Å². The highest BCUT2D eigenvalue weighted by molar-refractivity contribution is 6.30. The molecule has 0 saturated heterocycles. The number of carbonyl (C=O) groups excluding carboxylic acids is 1. The van der Waals surface area contributed by atoms with Crippen LogP contribution in [-0.2, 0) is 9.57 Å². The predicted octanol–water partition coefficient (Wildman–Crippen LogP) is 2.00. The summed E-state index contributed by atoms with van der Waals surface area (Å²) in [5.41, 5.74) is 2.76. The summed E-state index contributed by atoms with van der Waals surface area (Å²) < 4.78 is 4.58. The summed E-state index contributed by atoms with van der Waals surface area (Å²) in [6.07, 6.45) is 0. The van der Waals surface area contributed by atoms with E-state index >= 15 is 0 Å². The topological polar surface area (TPSA) is 59.6 Å². The summed E-state index contributed by atoms with van der Waals surface area (Å²) in [5.74, 6) is 0. The number of ether oxygens (including phenoxy) is 1. The van der Waals surface area contributed by atoms with Crippen molar-refractivity contribution in [3.8, 4) is 0 Å². The first-order valence-corrected chi connectivity index (χ1v) is 4.53. The Morgan fingerprint density at radius 3 is 2.67 bits per heavy atom. The molecule has 0 bridgehead atoms. The van der Waals surface area contributed by atoms with Gasteiger partial charge in [-0.1, -0.05) is 11.6 Å². The van der Waals surface area contributed by atoms with E-state index in [4.69, 9.17) is 11.6 Å². The molecule has 5 nitrogen and oxygen atoms in total. The molecule has 0 fully saturated rings. The number of amides is 2. The van der Waals surface area contributed by atoms with E-state index in [2.05, 4.69) is 20.4 Å². The number of hydroxylamine groups is 1. The number of urea groups is 1. The van der Waals surface area contributed by atoms with Gasteiger partial charge in [-0.25, -0.2) is 15.1 Å². The minimum absolute atomic E-state index is 0.00591. The zero-order valence-corrected chi connectivity index (χ0v) is 8.88. The fraction of sp³-hybridized carbons (Fsp3) is 0.222. The second-order valence-electron chi connectivity index (χ2n) is 2.61. The molecule has 0 aliphatic heterocycles. The highest BCUT2D eigenvalue weighted by Crippen LogP contribution is 2.12. The smallest absolute Gasteiger partial charge is 0.343 e. The molecule has 2 amide bonds. The summed E-state index contributed by atoms with van der Waals surface area (Å²) in [7, 11) is 1.46. The van der Waals surface area contributed by atoms with Gasteiger partial charge in [0.15, 0.2) is 6.79 Å². The molecule has 0 aliphatic carbocycles. The SMILES string of the molecule is COCONC(=O)Nc1ccc(Cl)cc1. The van der Waals surface area contributed by atoms with Crippen LogP contribution in [0.5, 0.6) is 0 Å². The first-order valence-electron chi connectivity index (χ1n) is 4.15. The van der Waals surface area contributed by atoms with Crippen LogP contribution in [0.2, 0.25) is 5.02 Å². The number of hydrogen-bond acceptors (Lipinski definition) is 3. The van der Waals surface area contributed by atoms with Crippen LogP contribution in [0.4, 0.5) is 10.5 Å².